The zero-order valence-electron chi connectivity index (χ0n) is 10.1. The van der Waals surface area contributed by atoms with Gasteiger partial charge in [-0.2, -0.15) is 0 Å². The molecule has 1 aliphatic heterocycles. The number of likely N-dealkylation sites (tertiary alicyclic amines) is 1. The van der Waals surface area contributed by atoms with Gasteiger partial charge in [0.2, 0.25) is 11.8 Å². The zero-order valence-corrected chi connectivity index (χ0v) is 10.1. The molecule has 1 fully saturated rings. The molecule has 17 heavy (non-hydrogen) atoms. The third-order valence-electron chi connectivity index (χ3n) is 2.81. The van der Waals surface area contributed by atoms with Gasteiger partial charge in [-0.3, -0.25) is 14.4 Å². The lowest BCUT2D eigenvalue weighted by Gasteiger charge is -2.16. The summed E-state index contributed by atoms with van der Waals surface area (Å²) in [5.74, 6) is -1.88. The summed E-state index contributed by atoms with van der Waals surface area (Å²) >= 11 is 0. The van der Waals surface area contributed by atoms with E-state index in [0.717, 1.165) is 6.42 Å². The lowest BCUT2D eigenvalue weighted by atomic mass is 10.1. The third-order valence-corrected chi connectivity index (χ3v) is 2.81. The minimum atomic E-state index is -1.08. The summed E-state index contributed by atoms with van der Waals surface area (Å²) in [5, 5.41) is 11.1. The summed E-state index contributed by atoms with van der Waals surface area (Å²) in [5.41, 5.74) is 0. The fraction of sp³-hybridized carbons (Fsp3) is 0.727. The van der Waals surface area contributed by atoms with Crippen LogP contribution in [-0.2, 0) is 14.4 Å². The fourth-order valence-electron chi connectivity index (χ4n) is 1.83. The Morgan fingerprint density at radius 3 is 2.76 bits per heavy atom. The second-order valence-electron chi connectivity index (χ2n) is 4.31. The van der Waals surface area contributed by atoms with Crippen molar-refractivity contribution in [2.24, 2.45) is 5.92 Å². The first-order chi connectivity index (χ1) is 7.95. The number of carboxylic acids is 1. The topological polar surface area (TPSA) is 86.7 Å². The molecule has 0 spiro atoms. The normalized spacial score (nSPS) is 21.4. The second kappa shape index (κ2) is 5.65. The average Bonchev–Trinajstić information content (AvgIpc) is 2.61. The Hall–Kier alpha value is -1.59. The van der Waals surface area contributed by atoms with E-state index in [9.17, 15) is 14.4 Å². The van der Waals surface area contributed by atoms with E-state index in [2.05, 4.69) is 5.32 Å². The standard InChI is InChI=1S/C11H18N2O4/c1-3-4-13-6-8(5-9(13)14)10(15)12-7(2)11(16)17/h7-8H,3-6H2,1-2H3,(H,12,15)(H,16,17). The van der Waals surface area contributed by atoms with Crippen LogP contribution < -0.4 is 5.32 Å². The van der Waals surface area contributed by atoms with Crippen LogP contribution in [0.3, 0.4) is 0 Å². The number of carboxylic acid groups (broad SMARTS) is 1. The van der Waals surface area contributed by atoms with Crippen molar-refractivity contribution in [1.82, 2.24) is 10.2 Å². The Labute approximate surface area is 100.0 Å². The number of amides is 2. The van der Waals surface area contributed by atoms with Crippen LogP contribution in [0, 0.1) is 5.92 Å². The molecule has 1 heterocycles. The molecule has 0 aromatic heterocycles. The van der Waals surface area contributed by atoms with E-state index in [1.54, 1.807) is 4.90 Å². The van der Waals surface area contributed by atoms with E-state index >= 15 is 0 Å². The third kappa shape index (κ3) is 3.44. The molecule has 2 unspecified atom stereocenters. The van der Waals surface area contributed by atoms with E-state index in [-0.39, 0.29) is 18.2 Å². The number of nitrogens with zero attached hydrogens (tertiary/aromatic N) is 1. The highest BCUT2D eigenvalue weighted by Crippen LogP contribution is 2.18. The van der Waals surface area contributed by atoms with Gasteiger partial charge in [0.15, 0.2) is 0 Å². The van der Waals surface area contributed by atoms with Crippen LogP contribution in [0.5, 0.6) is 0 Å². The first-order valence-corrected chi connectivity index (χ1v) is 5.76. The van der Waals surface area contributed by atoms with E-state index in [1.807, 2.05) is 6.92 Å². The number of hydrogen-bond donors (Lipinski definition) is 2. The molecule has 0 aliphatic carbocycles. The van der Waals surface area contributed by atoms with Crippen molar-refractivity contribution in [2.75, 3.05) is 13.1 Å². The molecule has 0 saturated carbocycles. The Balaban J connectivity index is 2.50. The number of nitrogens with one attached hydrogen (secondary N) is 1. The van der Waals surface area contributed by atoms with Crippen LogP contribution in [-0.4, -0.2) is 46.9 Å². The van der Waals surface area contributed by atoms with Crippen molar-refractivity contribution in [3.63, 3.8) is 0 Å². The molecule has 6 heteroatoms. The maximum absolute atomic E-state index is 11.7. The first-order valence-electron chi connectivity index (χ1n) is 5.76. The van der Waals surface area contributed by atoms with Gasteiger partial charge in [0.25, 0.3) is 0 Å². The van der Waals surface area contributed by atoms with E-state index in [1.165, 1.54) is 6.92 Å². The van der Waals surface area contributed by atoms with Gasteiger partial charge in [-0.1, -0.05) is 6.92 Å². The van der Waals surface area contributed by atoms with Crippen LogP contribution >= 0.6 is 0 Å². The number of carbonyl (C=O) groups is 3. The van der Waals surface area contributed by atoms with Gasteiger partial charge >= 0.3 is 5.97 Å². The Morgan fingerprint density at radius 2 is 2.24 bits per heavy atom. The van der Waals surface area contributed by atoms with Gasteiger partial charge in [0.05, 0.1) is 5.92 Å². The summed E-state index contributed by atoms with van der Waals surface area (Å²) in [6.45, 7) is 4.41. The zero-order chi connectivity index (χ0) is 13.0. The highest BCUT2D eigenvalue weighted by atomic mass is 16.4. The predicted octanol–water partition coefficient (Wildman–Crippen LogP) is -0.166. The first kappa shape index (κ1) is 13.5. The van der Waals surface area contributed by atoms with Crippen molar-refractivity contribution < 1.29 is 19.5 Å². The van der Waals surface area contributed by atoms with Crippen LogP contribution in [0.15, 0.2) is 0 Å². The number of carbonyl (C=O) groups excluding carboxylic acids is 2. The fourth-order valence-corrected chi connectivity index (χ4v) is 1.83. The number of hydrogen-bond acceptors (Lipinski definition) is 3. The summed E-state index contributed by atoms with van der Waals surface area (Å²) in [4.78, 5) is 35.5. The van der Waals surface area contributed by atoms with Gasteiger partial charge in [-0.05, 0) is 13.3 Å². The molecule has 1 aliphatic rings. The summed E-state index contributed by atoms with van der Waals surface area (Å²) < 4.78 is 0. The second-order valence-corrected chi connectivity index (χ2v) is 4.31. The summed E-state index contributed by atoms with van der Waals surface area (Å²) in [6, 6.07) is -0.919. The number of rotatable bonds is 5. The quantitative estimate of drug-likeness (QED) is 0.701. The lowest BCUT2D eigenvalue weighted by molar-refractivity contribution is -0.141. The molecule has 1 saturated heterocycles. The SMILES string of the molecule is CCCN1CC(C(=O)NC(C)C(=O)O)CC1=O. The van der Waals surface area contributed by atoms with Crippen molar-refractivity contribution in [3.8, 4) is 0 Å². The van der Waals surface area contributed by atoms with Gasteiger partial charge < -0.3 is 15.3 Å². The highest BCUT2D eigenvalue weighted by molar-refractivity contribution is 5.91. The van der Waals surface area contributed by atoms with Gasteiger partial charge in [-0.15, -0.1) is 0 Å². The average molecular weight is 242 g/mol. The highest BCUT2D eigenvalue weighted by Gasteiger charge is 2.34. The molecular formula is C11H18N2O4. The molecular weight excluding hydrogens is 224 g/mol. The van der Waals surface area contributed by atoms with Crippen molar-refractivity contribution in [1.29, 1.82) is 0 Å². The van der Waals surface area contributed by atoms with Crippen LogP contribution in [0.25, 0.3) is 0 Å². The van der Waals surface area contributed by atoms with E-state index < -0.39 is 17.9 Å². The summed E-state index contributed by atoms with van der Waals surface area (Å²) in [6.07, 6.45) is 1.03. The molecule has 0 bridgehead atoms. The molecule has 0 aromatic carbocycles. The van der Waals surface area contributed by atoms with Crippen molar-refractivity contribution in [2.45, 2.75) is 32.7 Å². The smallest absolute Gasteiger partial charge is 0.325 e. The van der Waals surface area contributed by atoms with Crippen LogP contribution in [0.4, 0.5) is 0 Å². The molecule has 2 amide bonds. The molecule has 2 N–H and O–H groups in total. The minimum Gasteiger partial charge on any atom is -0.480 e. The number of aliphatic carboxylic acids is 1. The van der Waals surface area contributed by atoms with Crippen molar-refractivity contribution >= 4 is 17.8 Å². The van der Waals surface area contributed by atoms with Gasteiger partial charge in [0.1, 0.15) is 6.04 Å². The van der Waals surface area contributed by atoms with Crippen LogP contribution in [0.1, 0.15) is 26.7 Å². The molecule has 6 nitrogen and oxygen atoms in total. The predicted molar refractivity (Wildman–Crippen MR) is 60.2 cm³/mol. The Kier molecular flexibility index (Phi) is 4.48. The molecule has 2 atom stereocenters. The minimum absolute atomic E-state index is 0.0324. The van der Waals surface area contributed by atoms with E-state index in [4.69, 9.17) is 5.11 Å². The molecule has 96 valence electrons. The Bertz CT molecular complexity index is 329. The van der Waals surface area contributed by atoms with Gasteiger partial charge in [0, 0.05) is 19.5 Å². The largest absolute Gasteiger partial charge is 0.480 e. The van der Waals surface area contributed by atoms with E-state index in [0.29, 0.717) is 13.1 Å². The molecule has 1 rings (SSSR count). The maximum atomic E-state index is 11.7. The Morgan fingerprint density at radius 1 is 1.59 bits per heavy atom. The van der Waals surface area contributed by atoms with Crippen molar-refractivity contribution in [3.05, 3.63) is 0 Å². The monoisotopic (exact) mass is 242 g/mol. The maximum Gasteiger partial charge on any atom is 0.325 e. The van der Waals surface area contributed by atoms with Gasteiger partial charge in [-0.25, -0.2) is 0 Å². The summed E-state index contributed by atoms with van der Waals surface area (Å²) in [7, 11) is 0. The molecule has 0 aromatic rings. The molecule has 0 radical (unpaired) electrons. The lowest BCUT2D eigenvalue weighted by Crippen LogP contribution is -2.42. The van der Waals surface area contributed by atoms with Crippen LogP contribution in [0.2, 0.25) is 0 Å².